The van der Waals surface area contributed by atoms with Gasteiger partial charge in [0.15, 0.2) is 0 Å². The molecule has 2 aliphatic heterocycles. The number of morpholine rings is 1. The topological polar surface area (TPSA) is 99.3 Å². The predicted molar refractivity (Wildman–Crippen MR) is 111 cm³/mol. The first-order valence-electron chi connectivity index (χ1n) is 9.80. The van der Waals surface area contributed by atoms with E-state index < -0.39 is 0 Å². The highest BCUT2D eigenvalue weighted by atomic mass is 16.5. The summed E-state index contributed by atoms with van der Waals surface area (Å²) in [5.74, 6) is 0.264. The van der Waals surface area contributed by atoms with Gasteiger partial charge in [0.05, 0.1) is 24.4 Å². The third-order valence-corrected chi connectivity index (χ3v) is 5.38. The van der Waals surface area contributed by atoms with Crippen LogP contribution in [0.5, 0.6) is 0 Å². The summed E-state index contributed by atoms with van der Waals surface area (Å²) in [6, 6.07) is 3.66. The van der Waals surface area contributed by atoms with Crippen molar-refractivity contribution in [2.45, 2.75) is 13.8 Å². The van der Waals surface area contributed by atoms with E-state index in [2.05, 4.69) is 25.5 Å². The molecule has 1 fully saturated rings. The number of ether oxygens (including phenoxy) is 1. The molecule has 2 amide bonds. The van der Waals surface area contributed by atoms with Crippen molar-refractivity contribution in [1.29, 1.82) is 0 Å². The fourth-order valence-corrected chi connectivity index (χ4v) is 3.81. The molecule has 0 saturated carbocycles. The highest BCUT2D eigenvalue weighted by Crippen LogP contribution is 2.32. The smallest absolute Gasteiger partial charge is 0.257 e. The van der Waals surface area contributed by atoms with Gasteiger partial charge >= 0.3 is 0 Å². The average molecular weight is 395 g/mol. The second-order valence-electron chi connectivity index (χ2n) is 7.29. The third kappa shape index (κ3) is 3.94. The number of hydrogen-bond donors (Lipinski definition) is 3. The molecule has 2 aliphatic rings. The summed E-state index contributed by atoms with van der Waals surface area (Å²) in [6.07, 6.45) is 3.43. The van der Waals surface area contributed by atoms with Crippen molar-refractivity contribution >= 4 is 29.3 Å². The van der Waals surface area contributed by atoms with Crippen LogP contribution in [0.15, 0.2) is 18.3 Å². The lowest BCUT2D eigenvalue weighted by molar-refractivity contribution is -0.110. The minimum atomic E-state index is -0.193. The van der Waals surface area contributed by atoms with Crippen LogP contribution in [-0.2, 0) is 9.53 Å². The fraction of sp³-hybridized carbons (Fsp3) is 0.381. The number of nitrogens with zero attached hydrogens (tertiary/aromatic N) is 2. The number of fused-ring (bicyclic) bond motifs is 1. The van der Waals surface area contributed by atoms with E-state index in [1.165, 1.54) is 0 Å². The largest absolute Gasteiger partial charge is 0.379 e. The van der Waals surface area contributed by atoms with Crippen molar-refractivity contribution in [2.75, 3.05) is 44.7 Å². The minimum Gasteiger partial charge on any atom is -0.379 e. The fourth-order valence-electron chi connectivity index (χ4n) is 3.81. The van der Waals surface area contributed by atoms with Crippen LogP contribution in [0.2, 0.25) is 0 Å². The second kappa shape index (κ2) is 8.18. The zero-order valence-corrected chi connectivity index (χ0v) is 16.7. The number of carbonyl (C=O) groups excluding carboxylic acids is 2. The van der Waals surface area contributed by atoms with Gasteiger partial charge < -0.3 is 20.4 Å². The predicted octanol–water partition coefficient (Wildman–Crippen LogP) is 1.58. The number of pyridine rings is 1. The molecule has 1 saturated heterocycles. The highest BCUT2D eigenvalue weighted by Gasteiger charge is 2.26. The van der Waals surface area contributed by atoms with E-state index in [1.807, 2.05) is 19.9 Å². The standard InChI is InChI=1S/C21H25N5O3/c1-13-17(12-16-15-4-3-5-22-19(15)25-20(16)27)24-14(2)18(13)21(28)23-6-7-26-8-10-29-11-9-26/h3-5,12,24H,6-11H2,1-2H3,(H,23,28)(H,22,25,27)/b16-12-. The van der Waals surface area contributed by atoms with Crippen LogP contribution in [0.1, 0.15) is 32.9 Å². The Kier molecular flexibility index (Phi) is 5.46. The van der Waals surface area contributed by atoms with Crippen molar-refractivity contribution in [1.82, 2.24) is 20.2 Å². The van der Waals surface area contributed by atoms with Crippen molar-refractivity contribution in [3.63, 3.8) is 0 Å². The SMILES string of the molecule is Cc1[nH]c(/C=C2\C(=O)Nc3ncccc32)c(C)c1C(=O)NCCN1CCOCC1. The van der Waals surface area contributed by atoms with Gasteiger partial charge in [0.25, 0.3) is 11.8 Å². The van der Waals surface area contributed by atoms with Crippen molar-refractivity contribution in [3.8, 4) is 0 Å². The maximum absolute atomic E-state index is 12.8. The number of H-pyrrole nitrogens is 1. The molecule has 0 spiro atoms. The van der Waals surface area contributed by atoms with Gasteiger partial charge in [-0.3, -0.25) is 14.5 Å². The Balaban J connectivity index is 1.49. The van der Waals surface area contributed by atoms with Crippen LogP contribution < -0.4 is 10.6 Å². The number of aryl methyl sites for hydroxylation is 1. The van der Waals surface area contributed by atoms with E-state index in [4.69, 9.17) is 4.74 Å². The summed E-state index contributed by atoms with van der Waals surface area (Å²) in [7, 11) is 0. The average Bonchev–Trinajstić information content (AvgIpc) is 3.18. The van der Waals surface area contributed by atoms with Gasteiger partial charge in [0, 0.05) is 49.3 Å². The summed E-state index contributed by atoms with van der Waals surface area (Å²) in [4.78, 5) is 34.8. The molecule has 2 aromatic rings. The van der Waals surface area contributed by atoms with Gasteiger partial charge in [0.2, 0.25) is 0 Å². The Hall–Kier alpha value is -2.97. The maximum Gasteiger partial charge on any atom is 0.257 e. The lowest BCUT2D eigenvalue weighted by Gasteiger charge is -2.26. The van der Waals surface area contributed by atoms with E-state index in [0.29, 0.717) is 23.5 Å². The quantitative estimate of drug-likeness (QED) is 0.668. The number of hydrogen-bond acceptors (Lipinski definition) is 5. The lowest BCUT2D eigenvalue weighted by Crippen LogP contribution is -2.41. The molecule has 152 valence electrons. The summed E-state index contributed by atoms with van der Waals surface area (Å²) in [5.41, 5.74) is 4.29. The molecule has 0 radical (unpaired) electrons. The molecule has 4 rings (SSSR count). The first kappa shape index (κ1) is 19.4. The molecular weight excluding hydrogens is 370 g/mol. The molecule has 0 bridgehead atoms. The Morgan fingerprint density at radius 1 is 1.34 bits per heavy atom. The number of aromatic nitrogens is 2. The summed E-state index contributed by atoms with van der Waals surface area (Å²) >= 11 is 0. The van der Waals surface area contributed by atoms with E-state index in [0.717, 1.165) is 55.4 Å². The Labute approximate surface area is 169 Å². The van der Waals surface area contributed by atoms with Gasteiger partial charge in [-0.05, 0) is 37.6 Å². The summed E-state index contributed by atoms with van der Waals surface area (Å²) < 4.78 is 5.34. The van der Waals surface area contributed by atoms with Gasteiger partial charge in [-0.2, -0.15) is 0 Å². The van der Waals surface area contributed by atoms with Crippen molar-refractivity contribution in [2.24, 2.45) is 0 Å². The highest BCUT2D eigenvalue weighted by molar-refractivity contribution is 6.34. The molecule has 3 N–H and O–H groups in total. The van der Waals surface area contributed by atoms with Crippen molar-refractivity contribution in [3.05, 3.63) is 46.4 Å². The number of carbonyl (C=O) groups is 2. The monoisotopic (exact) mass is 395 g/mol. The Morgan fingerprint density at radius 2 is 2.14 bits per heavy atom. The molecule has 0 unspecified atom stereocenters. The molecule has 0 atom stereocenters. The molecule has 4 heterocycles. The van der Waals surface area contributed by atoms with Crippen LogP contribution >= 0.6 is 0 Å². The van der Waals surface area contributed by atoms with Crippen LogP contribution in [0.3, 0.4) is 0 Å². The number of rotatable bonds is 5. The van der Waals surface area contributed by atoms with Gasteiger partial charge in [-0.15, -0.1) is 0 Å². The van der Waals surface area contributed by atoms with Crippen LogP contribution in [0.25, 0.3) is 11.6 Å². The number of anilines is 1. The normalized spacial score (nSPS) is 18.0. The number of aromatic amines is 1. The first-order valence-corrected chi connectivity index (χ1v) is 9.80. The van der Waals surface area contributed by atoms with E-state index >= 15 is 0 Å². The molecule has 8 nitrogen and oxygen atoms in total. The van der Waals surface area contributed by atoms with Gasteiger partial charge in [-0.25, -0.2) is 4.98 Å². The van der Waals surface area contributed by atoms with Gasteiger partial charge in [0.1, 0.15) is 5.82 Å². The first-order chi connectivity index (χ1) is 14.0. The summed E-state index contributed by atoms with van der Waals surface area (Å²) in [5, 5.41) is 5.77. The van der Waals surface area contributed by atoms with Crippen LogP contribution in [0, 0.1) is 13.8 Å². The minimum absolute atomic E-state index is 0.105. The molecule has 2 aromatic heterocycles. The third-order valence-electron chi connectivity index (χ3n) is 5.38. The second-order valence-corrected chi connectivity index (χ2v) is 7.29. The Bertz CT molecular complexity index is 973. The van der Waals surface area contributed by atoms with Crippen LogP contribution in [0.4, 0.5) is 5.82 Å². The van der Waals surface area contributed by atoms with Crippen LogP contribution in [-0.4, -0.2) is 66.1 Å². The number of amides is 2. The van der Waals surface area contributed by atoms with E-state index in [-0.39, 0.29) is 11.8 Å². The molecule has 0 aliphatic carbocycles. The van der Waals surface area contributed by atoms with Crippen molar-refractivity contribution < 1.29 is 14.3 Å². The molecule has 0 aromatic carbocycles. The molecule has 29 heavy (non-hydrogen) atoms. The van der Waals surface area contributed by atoms with E-state index in [9.17, 15) is 9.59 Å². The molecule has 8 heteroatoms. The Morgan fingerprint density at radius 3 is 2.93 bits per heavy atom. The van der Waals surface area contributed by atoms with E-state index in [1.54, 1.807) is 18.3 Å². The van der Waals surface area contributed by atoms with Gasteiger partial charge in [-0.1, -0.05) is 0 Å². The molecular formula is C21H25N5O3. The number of nitrogens with one attached hydrogen (secondary N) is 3. The maximum atomic E-state index is 12.8. The summed E-state index contributed by atoms with van der Waals surface area (Å²) in [6.45, 7) is 8.43. The lowest BCUT2D eigenvalue weighted by atomic mass is 10.0. The zero-order valence-electron chi connectivity index (χ0n) is 16.7. The zero-order chi connectivity index (χ0) is 20.4.